The maximum Gasteiger partial charge on any atom is 0.322 e. The molecule has 0 bridgehead atoms. The van der Waals surface area contributed by atoms with E-state index in [0.29, 0.717) is 22.0 Å². The highest BCUT2D eigenvalue weighted by Gasteiger charge is 2.47. The molecule has 0 saturated carbocycles. The fourth-order valence-electron chi connectivity index (χ4n) is 3.90. The topological polar surface area (TPSA) is 143 Å². The Labute approximate surface area is 191 Å². The Morgan fingerprint density at radius 1 is 1.15 bits per heavy atom. The number of amides is 3. The number of nitrogens with one attached hydrogen (secondary N) is 3. The van der Waals surface area contributed by atoms with E-state index in [0.717, 1.165) is 6.26 Å². The second-order valence-corrected chi connectivity index (χ2v) is 12.3. The molecule has 10 nitrogen and oxygen atoms in total. The van der Waals surface area contributed by atoms with Gasteiger partial charge in [0.15, 0.2) is 9.84 Å². The summed E-state index contributed by atoms with van der Waals surface area (Å²) in [6.45, 7) is 1.64. The number of carbonyl (C=O) groups excluding carboxylic acids is 2. The van der Waals surface area contributed by atoms with E-state index in [1.54, 1.807) is 30.3 Å². The lowest BCUT2D eigenvalue weighted by Gasteiger charge is -2.27. The van der Waals surface area contributed by atoms with Crippen molar-refractivity contribution in [2.24, 2.45) is 0 Å². The van der Waals surface area contributed by atoms with E-state index in [1.165, 1.54) is 17.1 Å². The number of hydrogen-bond acceptors (Lipinski definition) is 7. The quantitative estimate of drug-likeness (QED) is 0.406. The molecule has 174 valence electrons. The zero-order valence-electron chi connectivity index (χ0n) is 17.9. The molecule has 1 saturated heterocycles. The molecule has 3 N–H and O–H groups in total. The summed E-state index contributed by atoms with van der Waals surface area (Å²) in [6.07, 6.45) is 4.47. The predicted octanol–water partition coefficient (Wildman–Crippen LogP) is 0.0592. The molecular formula is C21H22N4O6S2. The number of benzene rings is 1. The third-order valence-corrected chi connectivity index (χ3v) is 8.77. The second-order valence-electron chi connectivity index (χ2n) is 8.24. The summed E-state index contributed by atoms with van der Waals surface area (Å²) in [6, 6.07) is 6.11. The molecular weight excluding hydrogens is 468 g/mol. The van der Waals surface area contributed by atoms with Gasteiger partial charge in [-0.3, -0.25) is 15.4 Å². The molecule has 33 heavy (non-hydrogen) atoms. The number of rotatable bonds is 4. The minimum Gasteiger partial charge on any atom is -0.323 e. The summed E-state index contributed by atoms with van der Waals surface area (Å²) in [5.41, 5.74) is 0.195. The summed E-state index contributed by atoms with van der Waals surface area (Å²) < 4.78 is 51.0. The molecule has 2 aromatic rings. The third kappa shape index (κ3) is 4.52. The highest BCUT2D eigenvalue weighted by molar-refractivity contribution is 7.92. The number of nitrogens with zero attached hydrogens (tertiary/aromatic N) is 1. The normalized spacial score (nSPS) is 23.5. The molecule has 0 spiro atoms. The Balaban J connectivity index is 1.55. The summed E-state index contributed by atoms with van der Waals surface area (Å²) in [4.78, 5) is 23.4. The second kappa shape index (κ2) is 8.02. The first-order valence-electron chi connectivity index (χ1n) is 9.99. The maximum absolute atomic E-state index is 13.0. The van der Waals surface area contributed by atoms with Crippen LogP contribution in [-0.2, 0) is 24.7 Å². The van der Waals surface area contributed by atoms with E-state index < -0.39 is 48.5 Å². The molecule has 3 heterocycles. The number of hydrogen-bond donors (Lipinski definition) is 3. The summed E-state index contributed by atoms with van der Waals surface area (Å²) in [5.74, 6) is 4.78. The van der Waals surface area contributed by atoms with Crippen LogP contribution in [0.15, 0.2) is 42.1 Å². The fraction of sp³-hybridized carbons (Fsp3) is 0.333. The van der Waals surface area contributed by atoms with Crippen LogP contribution in [0, 0.1) is 11.8 Å². The zero-order valence-corrected chi connectivity index (χ0v) is 19.5. The molecule has 0 radical (unpaired) electrons. The lowest BCUT2D eigenvalue weighted by Crippen LogP contribution is -2.53. The number of urea groups is 1. The number of sulfone groups is 1. The molecule has 3 amide bonds. The Morgan fingerprint density at radius 2 is 1.91 bits per heavy atom. The van der Waals surface area contributed by atoms with Gasteiger partial charge in [0.2, 0.25) is 10.0 Å². The molecule has 1 aromatic carbocycles. The van der Waals surface area contributed by atoms with Crippen molar-refractivity contribution in [3.05, 3.63) is 47.7 Å². The van der Waals surface area contributed by atoms with Crippen molar-refractivity contribution in [2.45, 2.75) is 24.3 Å². The van der Waals surface area contributed by atoms with Crippen LogP contribution in [0.3, 0.4) is 0 Å². The number of imide groups is 1. The minimum atomic E-state index is -3.81. The van der Waals surface area contributed by atoms with Crippen molar-refractivity contribution in [3.8, 4) is 11.8 Å². The van der Waals surface area contributed by atoms with Gasteiger partial charge in [-0.15, -0.1) is 0 Å². The van der Waals surface area contributed by atoms with Gasteiger partial charge in [-0.25, -0.2) is 25.6 Å². The van der Waals surface area contributed by atoms with Crippen molar-refractivity contribution in [1.29, 1.82) is 0 Å². The van der Waals surface area contributed by atoms with E-state index in [4.69, 9.17) is 0 Å². The van der Waals surface area contributed by atoms with Gasteiger partial charge in [-0.1, -0.05) is 24.0 Å². The van der Waals surface area contributed by atoms with Crippen molar-refractivity contribution in [1.82, 2.24) is 19.9 Å². The molecule has 0 aliphatic carbocycles. The van der Waals surface area contributed by atoms with E-state index >= 15 is 0 Å². The van der Waals surface area contributed by atoms with Crippen LogP contribution in [-0.4, -0.2) is 62.2 Å². The Morgan fingerprint density at radius 3 is 2.58 bits per heavy atom. The van der Waals surface area contributed by atoms with Gasteiger partial charge in [-0.05, 0) is 25.1 Å². The highest BCUT2D eigenvalue weighted by Crippen LogP contribution is 2.23. The Hall–Kier alpha value is -3.14. The van der Waals surface area contributed by atoms with E-state index in [9.17, 15) is 26.4 Å². The average Bonchev–Trinajstić information content (AvgIpc) is 3.26. The standard InChI is InChI=1S/C21H22N4O6S2/c1-21(19(26)23-20(27)24-21)13-33(30,31)18-12-14(8-10-22-18)6-7-15-4-3-5-17-16(15)9-11-25(17)32(2,28)29/h3-5,8-9,11,18,22H,10,12-13H2,1-2H3,(H2,23,24,26,27)/t18?,21-/m1/s1. The number of carbonyl (C=O) groups is 2. The van der Waals surface area contributed by atoms with Crippen LogP contribution in [0.4, 0.5) is 4.79 Å². The van der Waals surface area contributed by atoms with Crippen LogP contribution in [0.1, 0.15) is 18.9 Å². The van der Waals surface area contributed by atoms with Gasteiger partial charge in [0, 0.05) is 35.7 Å². The summed E-state index contributed by atoms with van der Waals surface area (Å²) >= 11 is 0. The molecule has 1 fully saturated rings. The maximum atomic E-state index is 13.0. The monoisotopic (exact) mass is 490 g/mol. The lowest BCUT2D eigenvalue weighted by atomic mass is 10.1. The molecule has 2 aliphatic heterocycles. The largest absolute Gasteiger partial charge is 0.323 e. The first-order valence-corrected chi connectivity index (χ1v) is 13.6. The van der Waals surface area contributed by atoms with E-state index in [1.807, 2.05) is 0 Å². The predicted molar refractivity (Wildman–Crippen MR) is 122 cm³/mol. The van der Waals surface area contributed by atoms with Crippen LogP contribution < -0.4 is 16.0 Å². The third-order valence-electron chi connectivity index (χ3n) is 5.55. The van der Waals surface area contributed by atoms with Gasteiger partial charge in [0.1, 0.15) is 10.9 Å². The smallest absolute Gasteiger partial charge is 0.322 e. The van der Waals surface area contributed by atoms with Crippen LogP contribution in [0.25, 0.3) is 10.9 Å². The molecule has 2 atom stereocenters. The van der Waals surface area contributed by atoms with Crippen molar-refractivity contribution >= 4 is 42.7 Å². The Bertz CT molecular complexity index is 1480. The Kier molecular flexibility index (Phi) is 5.60. The fourth-order valence-corrected chi connectivity index (χ4v) is 6.69. The molecule has 4 rings (SSSR count). The van der Waals surface area contributed by atoms with Gasteiger partial charge in [0.25, 0.3) is 5.91 Å². The summed E-state index contributed by atoms with van der Waals surface area (Å²) in [5, 5.41) is 7.04. The van der Waals surface area contributed by atoms with E-state index in [2.05, 4.69) is 27.8 Å². The first kappa shape index (κ1) is 23.0. The van der Waals surface area contributed by atoms with Crippen LogP contribution in [0.2, 0.25) is 0 Å². The number of aromatic nitrogens is 1. The van der Waals surface area contributed by atoms with Crippen molar-refractivity contribution in [2.75, 3.05) is 18.6 Å². The molecule has 12 heteroatoms. The SMILES string of the molecule is C[C@]1(CS(=O)(=O)C2CC(C#Cc3cccc4c3ccn4S(C)(=O)=O)=CCN2)NC(=O)NC1=O. The minimum absolute atomic E-state index is 0.0985. The van der Waals surface area contributed by atoms with Crippen LogP contribution in [0.5, 0.6) is 0 Å². The number of fused-ring (bicyclic) bond motifs is 1. The average molecular weight is 491 g/mol. The van der Waals surface area contributed by atoms with Gasteiger partial charge in [0.05, 0.1) is 17.5 Å². The molecule has 2 aliphatic rings. The van der Waals surface area contributed by atoms with Crippen molar-refractivity contribution < 1.29 is 26.4 Å². The van der Waals surface area contributed by atoms with Crippen molar-refractivity contribution in [3.63, 3.8) is 0 Å². The summed E-state index contributed by atoms with van der Waals surface area (Å²) in [7, 11) is -7.27. The molecule has 1 aromatic heterocycles. The zero-order chi connectivity index (χ0) is 24.0. The van der Waals surface area contributed by atoms with Crippen LogP contribution >= 0.6 is 0 Å². The first-order chi connectivity index (χ1) is 15.4. The van der Waals surface area contributed by atoms with Gasteiger partial charge in [-0.2, -0.15) is 0 Å². The molecule has 1 unspecified atom stereocenters. The van der Waals surface area contributed by atoms with Gasteiger partial charge >= 0.3 is 6.03 Å². The lowest BCUT2D eigenvalue weighted by molar-refractivity contribution is -0.122. The highest BCUT2D eigenvalue weighted by atomic mass is 32.2. The van der Waals surface area contributed by atoms with Gasteiger partial charge < -0.3 is 5.32 Å². The van der Waals surface area contributed by atoms with E-state index in [-0.39, 0.29) is 13.0 Å².